The molecule has 0 radical (unpaired) electrons. The highest BCUT2D eigenvalue weighted by Gasteiger charge is 2.34. The minimum absolute atomic E-state index is 0.128. The highest BCUT2D eigenvalue weighted by atomic mass is 16.1. The van der Waals surface area contributed by atoms with Gasteiger partial charge in [0.1, 0.15) is 0 Å². The second kappa shape index (κ2) is 5.64. The third-order valence-electron chi connectivity index (χ3n) is 4.91. The molecular formula is C21H19NO. The summed E-state index contributed by atoms with van der Waals surface area (Å²) in [6.45, 7) is 0. The van der Waals surface area contributed by atoms with Crippen molar-refractivity contribution in [2.24, 2.45) is 0 Å². The fourth-order valence-corrected chi connectivity index (χ4v) is 3.83. The van der Waals surface area contributed by atoms with E-state index < -0.39 is 0 Å². The first kappa shape index (κ1) is 14.2. The number of carbonyl (C=O) groups is 1. The van der Waals surface area contributed by atoms with Crippen LogP contribution in [0.4, 0.5) is 0 Å². The van der Waals surface area contributed by atoms with E-state index in [9.17, 15) is 4.79 Å². The number of hydrogen-bond acceptors (Lipinski definition) is 2. The first-order valence-corrected chi connectivity index (χ1v) is 8.06. The van der Waals surface area contributed by atoms with Crippen LogP contribution < -0.4 is 5.32 Å². The zero-order valence-electron chi connectivity index (χ0n) is 13.1. The van der Waals surface area contributed by atoms with Gasteiger partial charge >= 0.3 is 0 Å². The second-order valence-electron chi connectivity index (χ2n) is 6.17. The number of benzene rings is 3. The van der Waals surface area contributed by atoms with Gasteiger partial charge < -0.3 is 5.32 Å². The highest BCUT2D eigenvalue weighted by molar-refractivity contribution is 6.05. The molecule has 23 heavy (non-hydrogen) atoms. The van der Waals surface area contributed by atoms with Crippen molar-refractivity contribution in [2.45, 2.75) is 18.4 Å². The summed E-state index contributed by atoms with van der Waals surface area (Å²) in [5, 5.41) is 5.85. The molecule has 1 N–H and O–H groups in total. The summed E-state index contributed by atoms with van der Waals surface area (Å²) in [6, 6.07) is 22.5. The van der Waals surface area contributed by atoms with E-state index >= 15 is 0 Å². The molecule has 3 aromatic rings. The summed E-state index contributed by atoms with van der Waals surface area (Å²) in [4.78, 5) is 13.2. The third kappa shape index (κ3) is 2.27. The standard InChI is InChI=1S/C21H19NO/c1-22-18-13-16-11-5-9-14-10-6-12-17(19(14)16)20(18)21(23)15-7-3-2-4-8-15/h2-12,18,20,22H,13H2,1H3. The van der Waals surface area contributed by atoms with Crippen molar-refractivity contribution in [1.29, 1.82) is 0 Å². The van der Waals surface area contributed by atoms with Crippen molar-refractivity contribution < 1.29 is 4.79 Å². The lowest BCUT2D eigenvalue weighted by atomic mass is 9.75. The Bertz CT molecular complexity index is 864. The predicted molar refractivity (Wildman–Crippen MR) is 94.0 cm³/mol. The maximum absolute atomic E-state index is 13.2. The molecule has 0 heterocycles. The smallest absolute Gasteiger partial charge is 0.171 e. The molecule has 0 amide bonds. The van der Waals surface area contributed by atoms with E-state index in [-0.39, 0.29) is 17.7 Å². The lowest BCUT2D eigenvalue weighted by Crippen LogP contribution is -2.40. The van der Waals surface area contributed by atoms with Gasteiger partial charge in [-0.25, -0.2) is 0 Å². The monoisotopic (exact) mass is 301 g/mol. The summed E-state index contributed by atoms with van der Waals surface area (Å²) < 4.78 is 0. The summed E-state index contributed by atoms with van der Waals surface area (Å²) in [5.74, 6) is 0.0629. The molecule has 3 aromatic carbocycles. The fourth-order valence-electron chi connectivity index (χ4n) is 3.83. The Morgan fingerprint density at radius 1 is 0.957 bits per heavy atom. The number of carbonyl (C=O) groups excluding carboxylic acids is 1. The van der Waals surface area contributed by atoms with E-state index in [4.69, 9.17) is 0 Å². The molecule has 0 aromatic heterocycles. The summed E-state index contributed by atoms with van der Waals surface area (Å²) in [6.07, 6.45) is 0.883. The van der Waals surface area contributed by atoms with Gasteiger partial charge in [-0.1, -0.05) is 66.7 Å². The molecule has 0 bridgehead atoms. The van der Waals surface area contributed by atoms with E-state index in [1.807, 2.05) is 37.4 Å². The third-order valence-corrected chi connectivity index (χ3v) is 4.91. The first-order valence-electron chi connectivity index (χ1n) is 8.06. The number of Topliss-reactive ketones (excluding diaryl/α,β-unsaturated/α-hetero) is 1. The average Bonchev–Trinajstić information content (AvgIpc) is 2.62. The van der Waals surface area contributed by atoms with E-state index in [2.05, 4.69) is 41.7 Å². The molecule has 0 fully saturated rings. The summed E-state index contributed by atoms with van der Waals surface area (Å²) in [7, 11) is 1.95. The Balaban J connectivity index is 1.91. The van der Waals surface area contributed by atoms with Gasteiger partial charge in [0, 0.05) is 11.6 Å². The van der Waals surface area contributed by atoms with Crippen LogP contribution in [0.2, 0.25) is 0 Å². The van der Waals surface area contributed by atoms with Crippen LogP contribution in [0.3, 0.4) is 0 Å². The fraction of sp³-hybridized carbons (Fsp3) is 0.190. The Kier molecular flexibility index (Phi) is 3.47. The molecule has 2 atom stereocenters. The summed E-state index contributed by atoms with van der Waals surface area (Å²) in [5.41, 5.74) is 3.27. The van der Waals surface area contributed by atoms with Crippen LogP contribution in [0.1, 0.15) is 27.4 Å². The van der Waals surface area contributed by atoms with Crippen molar-refractivity contribution in [3.8, 4) is 0 Å². The van der Waals surface area contributed by atoms with Gasteiger partial charge in [-0.15, -0.1) is 0 Å². The lowest BCUT2D eigenvalue weighted by molar-refractivity contribution is 0.0940. The topological polar surface area (TPSA) is 29.1 Å². The molecule has 0 spiro atoms. The molecule has 2 heteroatoms. The van der Waals surface area contributed by atoms with Crippen molar-refractivity contribution in [3.05, 3.63) is 83.4 Å². The Morgan fingerprint density at radius 3 is 2.43 bits per heavy atom. The van der Waals surface area contributed by atoms with Gasteiger partial charge in [0.2, 0.25) is 0 Å². The van der Waals surface area contributed by atoms with E-state index in [0.717, 1.165) is 17.5 Å². The van der Waals surface area contributed by atoms with Crippen LogP contribution in [-0.2, 0) is 6.42 Å². The largest absolute Gasteiger partial charge is 0.316 e. The average molecular weight is 301 g/mol. The van der Waals surface area contributed by atoms with Crippen molar-refractivity contribution in [1.82, 2.24) is 5.32 Å². The van der Waals surface area contributed by atoms with Crippen LogP contribution in [0.25, 0.3) is 10.8 Å². The predicted octanol–water partition coefficient (Wildman–Crippen LogP) is 3.95. The lowest BCUT2D eigenvalue weighted by Gasteiger charge is -2.32. The van der Waals surface area contributed by atoms with E-state index in [1.54, 1.807) is 0 Å². The molecule has 114 valence electrons. The van der Waals surface area contributed by atoms with Crippen LogP contribution in [0.5, 0.6) is 0 Å². The van der Waals surface area contributed by atoms with Crippen LogP contribution in [-0.4, -0.2) is 18.9 Å². The molecular weight excluding hydrogens is 282 g/mol. The maximum Gasteiger partial charge on any atom is 0.171 e. The Morgan fingerprint density at radius 2 is 1.70 bits per heavy atom. The van der Waals surface area contributed by atoms with Crippen LogP contribution >= 0.6 is 0 Å². The van der Waals surface area contributed by atoms with Crippen molar-refractivity contribution in [3.63, 3.8) is 0 Å². The number of nitrogens with one attached hydrogen (secondary N) is 1. The Labute approximate surface area is 136 Å². The number of hydrogen-bond donors (Lipinski definition) is 1. The summed E-state index contributed by atoms with van der Waals surface area (Å²) >= 11 is 0. The van der Waals surface area contributed by atoms with Gasteiger partial charge in [0.15, 0.2) is 5.78 Å². The molecule has 1 aliphatic rings. The maximum atomic E-state index is 13.2. The molecule has 2 unspecified atom stereocenters. The second-order valence-corrected chi connectivity index (χ2v) is 6.17. The minimum Gasteiger partial charge on any atom is -0.316 e. The highest BCUT2D eigenvalue weighted by Crippen LogP contribution is 2.38. The molecule has 1 aliphatic carbocycles. The van der Waals surface area contributed by atoms with Crippen molar-refractivity contribution >= 4 is 16.6 Å². The van der Waals surface area contributed by atoms with Crippen LogP contribution in [0, 0.1) is 0 Å². The molecule has 0 saturated heterocycles. The number of likely N-dealkylation sites (N-methyl/N-ethyl adjacent to an activating group) is 1. The van der Waals surface area contributed by atoms with Crippen LogP contribution in [0.15, 0.2) is 66.7 Å². The SMILES string of the molecule is CNC1Cc2cccc3cccc(c23)C1C(=O)c1ccccc1. The quantitative estimate of drug-likeness (QED) is 0.742. The van der Waals surface area contributed by atoms with E-state index in [1.165, 1.54) is 16.3 Å². The van der Waals surface area contributed by atoms with Gasteiger partial charge in [-0.05, 0) is 35.4 Å². The van der Waals surface area contributed by atoms with Gasteiger partial charge in [-0.3, -0.25) is 4.79 Å². The number of ketones is 1. The normalized spacial score (nSPS) is 19.7. The Hall–Kier alpha value is -2.45. The zero-order chi connectivity index (χ0) is 15.8. The first-order chi connectivity index (χ1) is 11.3. The van der Waals surface area contributed by atoms with Gasteiger partial charge in [0.05, 0.1) is 5.92 Å². The van der Waals surface area contributed by atoms with Gasteiger partial charge in [-0.2, -0.15) is 0 Å². The van der Waals surface area contributed by atoms with E-state index in [0.29, 0.717) is 0 Å². The zero-order valence-corrected chi connectivity index (χ0v) is 13.1. The molecule has 4 rings (SSSR count). The molecule has 0 aliphatic heterocycles. The van der Waals surface area contributed by atoms with Crippen molar-refractivity contribution in [2.75, 3.05) is 7.05 Å². The number of rotatable bonds is 3. The van der Waals surface area contributed by atoms with Gasteiger partial charge in [0.25, 0.3) is 0 Å². The minimum atomic E-state index is -0.138. The molecule has 2 nitrogen and oxygen atoms in total. The molecule has 0 saturated carbocycles.